The summed E-state index contributed by atoms with van der Waals surface area (Å²) in [6.07, 6.45) is 3.18. The maximum absolute atomic E-state index is 13.8. The van der Waals surface area contributed by atoms with E-state index in [2.05, 4.69) is 28.9 Å². The first-order chi connectivity index (χ1) is 18.0. The van der Waals surface area contributed by atoms with Gasteiger partial charge in [-0.2, -0.15) is 10.5 Å². The molecule has 0 aliphatic carbocycles. The molecule has 1 amide bonds. The van der Waals surface area contributed by atoms with E-state index in [9.17, 15) is 15.3 Å². The summed E-state index contributed by atoms with van der Waals surface area (Å²) in [5.74, 6) is 0.470. The number of aromatic nitrogens is 1. The monoisotopic (exact) mass is 491 g/mol. The summed E-state index contributed by atoms with van der Waals surface area (Å²) in [6.45, 7) is 7.03. The fraction of sp³-hybridized carbons (Fsp3) is 0.333. The number of likely N-dealkylation sites (tertiary alicyclic amines) is 1. The Balaban J connectivity index is 1.41. The number of hydrogen-bond acceptors (Lipinski definition) is 6. The Kier molecular flexibility index (Phi) is 6.65. The minimum Gasteiger partial charge on any atom is -0.491 e. The molecule has 3 heterocycles. The molecule has 2 aliphatic heterocycles. The van der Waals surface area contributed by atoms with Crippen LogP contribution in [0.25, 0.3) is 0 Å². The van der Waals surface area contributed by atoms with Crippen molar-refractivity contribution in [2.75, 3.05) is 31.1 Å². The van der Waals surface area contributed by atoms with Gasteiger partial charge in [-0.3, -0.25) is 14.7 Å². The summed E-state index contributed by atoms with van der Waals surface area (Å²) in [5, 5.41) is 19.6. The Morgan fingerprint density at radius 1 is 1.03 bits per heavy atom. The topological polar surface area (TPSA) is 93.2 Å². The minimum atomic E-state index is -0.561. The van der Waals surface area contributed by atoms with Crippen molar-refractivity contribution in [3.63, 3.8) is 0 Å². The van der Waals surface area contributed by atoms with E-state index in [4.69, 9.17) is 4.74 Å². The molecule has 5 rings (SSSR count). The zero-order valence-electron chi connectivity index (χ0n) is 21.2. The molecule has 2 aliphatic rings. The third kappa shape index (κ3) is 4.43. The van der Waals surface area contributed by atoms with E-state index in [1.54, 1.807) is 29.3 Å². The summed E-state index contributed by atoms with van der Waals surface area (Å²) < 4.78 is 6.09. The van der Waals surface area contributed by atoms with Crippen molar-refractivity contribution in [2.45, 2.75) is 38.6 Å². The molecule has 7 heteroatoms. The Labute approximate surface area is 217 Å². The minimum absolute atomic E-state index is 0.156. The second kappa shape index (κ2) is 10.0. The number of benzene rings is 2. The molecule has 3 aromatic rings. The van der Waals surface area contributed by atoms with Gasteiger partial charge in [0, 0.05) is 25.8 Å². The molecular formula is C30H29N5O2. The first-order valence-corrected chi connectivity index (χ1v) is 12.6. The summed E-state index contributed by atoms with van der Waals surface area (Å²) in [6, 6.07) is 19.6. The summed E-state index contributed by atoms with van der Waals surface area (Å²) in [7, 11) is 0. The first-order valence-electron chi connectivity index (χ1n) is 12.6. The van der Waals surface area contributed by atoms with Crippen LogP contribution in [-0.4, -0.2) is 42.0 Å². The number of nitrogens with zero attached hydrogens (tertiary/aromatic N) is 5. The third-order valence-corrected chi connectivity index (χ3v) is 7.77. The molecule has 0 N–H and O–H groups in total. The average Bonchev–Trinajstić information content (AvgIpc) is 3.11. The van der Waals surface area contributed by atoms with Crippen LogP contribution in [0.15, 0.2) is 54.7 Å². The lowest BCUT2D eigenvalue weighted by Gasteiger charge is -2.37. The van der Waals surface area contributed by atoms with Gasteiger partial charge < -0.3 is 9.64 Å². The number of anilines is 1. The lowest BCUT2D eigenvalue weighted by Crippen LogP contribution is -2.42. The van der Waals surface area contributed by atoms with Crippen molar-refractivity contribution >= 4 is 11.6 Å². The number of hydrogen-bond donors (Lipinski definition) is 0. The molecule has 1 saturated heterocycles. The molecule has 0 spiro atoms. The van der Waals surface area contributed by atoms with E-state index in [0.29, 0.717) is 55.1 Å². The van der Waals surface area contributed by atoms with Crippen molar-refractivity contribution in [2.24, 2.45) is 0 Å². The van der Waals surface area contributed by atoms with Crippen molar-refractivity contribution in [3.05, 3.63) is 88.2 Å². The highest BCUT2D eigenvalue weighted by atomic mass is 16.5. The van der Waals surface area contributed by atoms with Gasteiger partial charge in [0.25, 0.3) is 5.91 Å². The number of carbonyl (C=O) groups excluding carboxylic acids is 1. The fourth-order valence-electron chi connectivity index (χ4n) is 5.39. The predicted molar refractivity (Wildman–Crippen MR) is 140 cm³/mol. The van der Waals surface area contributed by atoms with Crippen LogP contribution in [0.1, 0.15) is 51.1 Å². The van der Waals surface area contributed by atoms with Crippen LogP contribution in [0, 0.1) is 36.5 Å². The highest BCUT2D eigenvalue weighted by molar-refractivity contribution is 6.09. The number of amides is 1. The molecule has 37 heavy (non-hydrogen) atoms. The molecule has 0 saturated carbocycles. The van der Waals surface area contributed by atoms with Crippen LogP contribution in [0.2, 0.25) is 0 Å². The lowest BCUT2D eigenvalue weighted by molar-refractivity contribution is 0.0989. The third-order valence-electron chi connectivity index (χ3n) is 7.77. The van der Waals surface area contributed by atoms with E-state index in [-0.39, 0.29) is 5.91 Å². The molecule has 0 atom stereocenters. The molecule has 2 aromatic carbocycles. The molecule has 1 fully saturated rings. The first kappa shape index (κ1) is 24.5. The summed E-state index contributed by atoms with van der Waals surface area (Å²) in [4.78, 5) is 22.2. The SMILES string of the molecule is Cc1c(CN2CCC(C#N)(c3ccccn3)CC2)cc2c(c1C)OCCN(c1ccccc1C#N)C2=O. The molecule has 0 unspecified atom stereocenters. The van der Waals surface area contributed by atoms with Crippen molar-refractivity contribution in [3.8, 4) is 17.9 Å². The highest BCUT2D eigenvalue weighted by Crippen LogP contribution is 2.37. The number of ether oxygens (including phenoxy) is 1. The molecule has 0 radical (unpaired) electrons. The quantitative estimate of drug-likeness (QED) is 0.527. The van der Waals surface area contributed by atoms with E-state index in [1.165, 1.54) is 0 Å². The zero-order chi connectivity index (χ0) is 26.0. The summed E-state index contributed by atoms with van der Waals surface area (Å²) >= 11 is 0. The van der Waals surface area contributed by atoms with Crippen molar-refractivity contribution < 1.29 is 9.53 Å². The van der Waals surface area contributed by atoms with Crippen LogP contribution >= 0.6 is 0 Å². The van der Waals surface area contributed by atoms with E-state index < -0.39 is 5.41 Å². The number of para-hydroxylation sites is 1. The van der Waals surface area contributed by atoms with Crippen molar-refractivity contribution in [1.29, 1.82) is 10.5 Å². The van der Waals surface area contributed by atoms with Crippen LogP contribution in [0.3, 0.4) is 0 Å². The number of carbonyl (C=O) groups is 1. The zero-order valence-corrected chi connectivity index (χ0v) is 21.2. The fourth-order valence-corrected chi connectivity index (χ4v) is 5.39. The largest absolute Gasteiger partial charge is 0.491 e. The maximum Gasteiger partial charge on any atom is 0.262 e. The van der Waals surface area contributed by atoms with E-state index in [1.807, 2.05) is 37.3 Å². The van der Waals surface area contributed by atoms with Crippen LogP contribution < -0.4 is 9.64 Å². The van der Waals surface area contributed by atoms with Gasteiger partial charge in [0.2, 0.25) is 0 Å². The van der Waals surface area contributed by atoms with Gasteiger partial charge in [0.05, 0.1) is 35.1 Å². The van der Waals surface area contributed by atoms with E-state index in [0.717, 1.165) is 35.5 Å². The van der Waals surface area contributed by atoms with Crippen LogP contribution in [-0.2, 0) is 12.0 Å². The van der Waals surface area contributed by atoms with Gasteiger partial charge in [-0.05, 0) is 73.7 Å². The smallest absolute Gasteiger partial charge is 0.262 e. The van der Waals surface area contributed by atoms with Gasteiger partial charge in [-0.15, -0.1) is 0 Å². The van der Waals surface area contributed by atoms with E-state index >= 15 is 0 Å². The van der Waals surface area contributed by atoms with Crippen LogP contribution in [0.4, 0.5) is 5.69 Å². The second-order valence-electron chi connectivity index (χ2n) is 9.78. The maximum atomic E-state index is 13.8. The van der Waals surface area contributed by atoms with Gasteiger partial charge in [0.1, 0.15) is 23.8 Å². The second-order valence-corrected chi connectivity index (χ2v) is 9.78. The average molecular weight is 492 g/mol. The Bertz CT molecular complexity index is 1410. The van der Waals surface area contributed by atoms with Crippen LogP contribution in [0.5, 0.6) is 5.75 Å². The standard InChI is InChI=1S/C30H29N5O2/c1-21-22(2)28-25(29(36)35(15-16-37-28)26-8-4-3-7-23(26)18-31)17-24(21)19-34-13-10-30(20-32,11-14-34)27-9-5-6-12-33-27/h3-9,12,17H,10-11,13-16,19H2,1-2H3. The van der Waals surface area contributed by atoms with Gasteiger partial charge in [-0.1, -0.05) is 18.2 Å². The van der Waals surface area contributed by atoms with Gasteiger partial charge >= 0.3 is 0 Å². The number of piperidine rings is 1. The Morgan fingerprint density at radius 3 is 2.49 bits per heavy atom. The Morgan fingerprint density at radius 2 is 1.78 bits per heavy atom. The van der Waals surface area contributed by atoms with Crippen molar-refractivity contribution in [1.82, 2.24) is 9.88 Å². The van der Waals surface area contributed by atoms with Gasteiger partial charge in [-0.25, -0.2) is 0 Å². The van der Waals surface area contributed by atoms with Gasteiger partial charge in [0.15, 0.2) is 0 Å². The summed E-state index contributed by atoms with van der Waals surface area (Å²) in [5.41, 5.74) is 5.03. The molecule has 186 valence electrons. The number of fused-ring (bicyclic) bond motifs is 1. The number of pyridine rings is 1. The number of nitriles is 2. The predicted octanol–water partition coefficient (Wildman–Crippen LogP) is 4.67. The molecule has 0 bridgehead atoms. The highest BCUT2D eigenvalue weighted by Gasteiger charge is 2.38. The molecule has 1 aromatic heterocycles. The Hall–Kier alpha value is -4.20. The molecule has 7 nitrogen and oxygen atoms in total. The lowest BCUT2D eigenvalue weighted by atomic mass is 9.76. The normalized spacial score (nSPS) is 17.2. The molecular weight excluding hydrogens is 462 g/mol. The number of rotatable bonds is 4.